The van der Waals surface area contributed by atoms with E-state index in [0.29, 0.717) is 12.2 Å². The minimum atomic E-state index is -3.66. The molecule has 26 heavy (non-hydrogen) atoms. The maximum absolute atomic E-state index is 12.7. The average molecular weight is 371 g/mol. The number of rotatable bonds is 5. The van der Waals surface area contributed by atoms with Crippen LogP contribution in [-0.4, -0.2) is 30.9 Å². The van der Waals surface area contributed by atoms with Gasteiger partial charge in [-0.1, -0.05) is 30.3 Å². The van der Waals surface area contributed by atoms with Gasteiger partial charge >= 0.3 is 0 Å². The fourth-order valence-corrected chi connectivity index (χ4v) is 4.29. The first-order valence-corrected chi connectivity index (χ1v) is 10.2. The number of sulfonamides is 1. The van der Waals surface area contributed by atoms with Gasteiger partial charge < -0.3 is 4.74 Å². The van der Waals surface area contributed by atoms with E-state index in [0.717, 1.165) is 36.6 Å². The Balaban J connectivity index is 1.50. The summed E-state index contributed by atoms with van der Waals surface area (Å²) >= 11 is 0. The van der Waals surface area contributed by atoms with E-state index in [2.05, 4.69) is 9.82 Å². The van der Waals surface area contributed by atoms with Gasteiger partial charge in [0.25, 0.3) is 10.0 Å². The van der Waals surface area contributed by atoms with Gasteiger partial charge in [-0.2, -0.15) is 5.10 Å². The molecular formula is C19H21N3O3S. The second-order valence-electron chi connectivity index (χ2n) is 6.55. The Bertz CT molecular complexity index is 1010. The van der Waals surface area contributed by atoms with Gasteiger partial charge in [-0.15, -0.1) is 0 Å². The number of ether oxygens (including phenoxy) is 1. The van der Waals surface area contributed by atoms with Crippen molar-refractivity contribution in [1.82, 2.24) is 9.78 Å². The standard InChI is InChI=1S/C19H21N3O3S/c23-26(24,19-9-8-15-5-1-2-6-16(15)11-19)21-17-12-20-22(13-17)14-18-7-3-4-10-25-18/h1-2,5-6,8-9,11-13,18,21H,3-4,7,10,14H2. The molecule has 2 aromatic carbocycles. The lowest BCUT2D eigenvalue weighted by molar-refractivity contribution is 0.00401. The van der Waals surface area contributed by atoms with Crippen LogP contribution in [0.2, 0.25) is 0 Å². The maximum Gasteiger partial charge on any atom is 0.262 e. The minimum absolute atomic E-state index is 0.147. The van der Waals surface area contributed by atoms with E-state index < -0.39 is 10.0 Å². The summed E-state index contributed by atoms with van der Waals surface area (Å²) in [5, 5.41) is 6.14. The van der Waals surface area contributed by atoms with Gasteiger partial charge in [0.05, 0.1) is 29.4 Å². The molecule has 1 unspecified atom stereocenters. The second-order valence-corrected chi connectivity index (χ2v) is 8.24. The lowest BCUT2D eigenvalue weighted by Crippen LogP contribution is -2.24. The summed E-state index contributed by atoms with van der Waals surface area (Å²) in [6, 6.07) is 12.8. The Hall–Kier alpha value is -2.38. The number of nitrogens with one attached hydrogen (secondary N) is 1. The molecule has 7 heteroatoms. The highest BCUT2D eigenvalue weighted by atomic mass is 32.2. The van der Waals surface area contributed by atoms with Crippen LogP contribution in [-0.2, 0) is 21.3 Å². The van der Waals surface area contributed by atoms with Gasteiger partial charge in [0, 0.05) is 12.8 Å². The molecule has 6 nitrogen and oxygen atoms in total. The number of hydrogen-bond donors (Lipinski definition) is 1. The SMILES string of the molecule is O=S(=O)(Nc1cnn(CC2CCCCO2)c1)c1ccc2ccccc2c1. The van der Waals surface area contributed by atoms with Gasteiger partial charge in [-0.3, -0.25) is 9.40 Å². The number of fused-ring (bicyclic) bond motifs is 1. The summed E-state index contributed by atoms with van der Waals surface area (Å²) in [5.74, 6) is 0. The van der Waals surface area contributed by atoms with Gasteiger partial charge in [-0.05, 0) is 42.2 Å². The average Bonchev–Trinajstić information content (AvgIpc) is 3.08. The first-order valence-electron chi connectivity index (χ1n) is 8.76. The van der Waals surface area contributed by atoms with Crippen LogP contribution < -0.4 is 4.72 Å². The van der Waals surface area contributed by atoms with Crippen LogP contribution >= 0.6 is 0 Å². The fourth-order valence-electron chi connectivity index (χ4n) is 3.22. The Morgan fingerprint density at radius 3 is 2.81 bits per heavy atom. The van der Waals surface area contributed by atoms with Crippen LogP contribution in [0.4, 0.5) is 5.69 Å². The van der Waals surface area contributed by atoms with E-state index in [-0.39, 0.29) is 11.0 Å². The van der Waals surface area contributed by atoms with E-state index in [1.165, 1.54) is 6.20 Å². The third-order valence-corrected chi connectivity index (χ3v) is 5.96. The molecule has 136 valence electrons. The predicted octanol–water partition coefficient (Wildman–Crippen LogP) is 3.41. The van der Waals surface area contributed by atoms with Crippen LogP contribution in [0.25, 0.3) is 10.8 Å². The molecule has 1 fully saturated rings. The minimum Gasteiger partial charge on any atom is -0.376 e. The molecule has 1 aromatic heterocycles. The van der Waals surface area contributed by atoms with Crippen molar-refractivity contribution in [1.29, 1.82) is 0 Å². The first-order chi connectivity index (χ1) is 12.6. The van der Waals surface area contributed by atoms with Crippen molar-refractivity contribution in [3.05, 3.63) is 54.9 Å². The van der Waals surface area contributed by atoms with E-state index in [1.54, 1.807) is 23.0 Å². The lowest BCUT2D eigenvalue weighted by Gasteiger charge is -2.22. The number of nitrogens with zero attached hydrogens (tertiary/aromatic N) is 2. The zero-order valence-corrected chi connectivity index (χ0v) is 15.2. The number of benzene rings is 2. The highest BCUT2D eigenvalue weighted by Crippen LogP contribution is 2.21. The zero-order chi connectivity index (χ0) is 18.0. The van der Waals surface area contributed by atoms with Crippen LogP contribution in [0.1, 0.15) is 19.3 Å². The van der Waals surface area contributed by atoms with E-state index in [4.69, 9.17) is 4.74 Å². The highest BCUT2D eigenvalue weighted by molar-refractivity contribution is 7.92. The molecule has 0 spiro atoms. The summed E-state index contributed by atoms with van der Waals surface area (Å²) in [7, 11) is -3.66. The fraction of sp³-hybridized carbons (Fsp3) is 0.316. The molecule has 4 rings (SSSR count). The molecule has 1 atom stereocenters. The molecule has 1 N–H and O–H groups in total. The second kappa shape index (κ2) is 7.09. The van der Waals surface area contributed by atoms with Crippen LogP contribution in [0.15, 0.2) is 59.8 Å². The van der Waals surface area contributed by atoms with Gasteiger partial charge in [0.15, 0.2) is 0 Å². The highest BCUT2D eigenvalue weighted by Gasteiger charge is 2.18. The molecular weight excluding hydrogens is 350 g/mol. The van der Waals surface area contributed by atoms with E-state index >= 15 is 0 Å². The van der Waals surface area contributed by atoms with Crippen molar-refractivity contribution >= 4 is 26.5 Å². The summed E-state index contributed by atoms with van der Waals surface area (Å²) < 4.78 is 35.4. The van der Waals surface area contributed by atoms with Crippen LogP contribution in [0.5, 0.6) is 0 Å². The first kappa shape index (κ1) is 17.1. The molecule has 1 aliphatic rings. The normalized spacial score (nSPS) is 18.1. The van der Waals surface area contributed by atoms with Crippen LogP contribution in [0, 0.1) is 0 Å². The third-order valence-electron chi connectivity index (χ3n) is 4.58. The Morgan fingerprint density at radius 1 is 1.15 bits per heavy atom. The zero-order valence-electron chi connectivity index (χ0n) is 14.3. The number of hydrogen-bond acceptors (Lipinski definition) is 4. The Morgan fingerprint density at radius 2 is 2.00 bits per heavy atom. The topological polar surface area (TPSA) is 73.2 Å². The number of anilines is 1. The number of aromatic nitrogens is 2. The van der Waals surface area contributed by atoms with E-state index in [9.17, 15) is 8.42 Å². The Labute approximate surface area is 152 Å². The Kier molecular flexibility index (Phi) is 4.65. The maximum atomic E-state index is 12.7. The largest absolute Gasteiger partial charge is 0.376 e. The monoisotopic (exact) mass is 371 g/mol. The van der Waals surface area contributed by atoms with Crippen molar-refractivity contribution in [2.24, 2.45) is 0 Å². The molecule has 0 amide bonds. The smallest absolute Gasteiger partial charge is 0.262 e. The van der Waals surface area contributed by atoms with Crippen molar-refractivity contribution < 1.29 is 13.2 Å². The van der Waals surface area contributed by atoms with Crippen molar-refractivity contribution in [3.8, 4) is 0 Å². The van der Waals surface area contributed by atoms with Crippen molar-refractivity contribution in [2.45, 2.75) is 36.8 Å². The summed E-state index contributed by atoms with van der Waals surface area (Å²) in [5.41, 5.74) is 0.453. The molecule has 1 aliphatic heterocycles. The van der Waals surface area contributed by atoms with E-state index in [1.807, 2.05) is 30.3 Å². The third kappa shape index (κ3) is 3.73. The van der Waals surface area contributed by atoms with Crippen molar-refractivity contribution in [3.63, 3.8) is 0 Å². The molecule has 0 saturated carbocycles. The molecule has 0 bridgehead atoms. The van der Waals surface area contributed by atoms with Crippen LogP contribution in [0.3, 0.4) is 0 Å². The molecule has 3 aromatic rings. The van der Waals surface area contributed by atoms with Crippen molar-refractivity contribution in [2.75, 3.05) is 11.3 Å². The molecule has 0 radical (unpaired) electrons. The molecule has 1 saturated heterocycles. The lowest BCUT2D eigenvalue weighted by atomic mass is 10.1. The van der Waals surface area contributed by atoms with Gasteiger partial charge in [-0.25, -0.2) is 8.42 Å². The van der Waals surface area contributed by atoms with Gasteiger partial charge in [0.1, 0.15) is 0 Å². The molecule has 0 aliphatic carbocycles. The predicted molar refractivity (Wildman–Crippen MR) is 101 cm³/mol. The summed E-state index contributed by atoms with van der Waals surface area (Å²) in [6.07, 6.45) is 6.66. The summed E-state index contributed by atoms with van der Waals surface area (Å²) in [4.78, 5) is 0.236. The molecule has 2 heterocycles. The quantitative estimate of drug-likeness (QED) is 0.746. The summed E-state index contributed by atoms with van der Waals surface area (Å²) in [6.45, 7) is 1.42. The van der Waals surface area contributed by atoms with Gasteiger partial charge in [0.2, 0.25) is 0 Å².